The van der Waals surface area contributed by atoms with Crippen molar-refractivity contribution in [2.45, 2.75) is 6.42 Å². The van der Waals surface area contributed by atoms with Crippen molar-refractivity contribution in [3.05, 3.63) is 0 Å². The molecule has 0 aromatic carbocycles. The molecule has 0 atom stereocenters. The maximum absolute atomic E-state index is 9.70. The van der Waals surface area contributed by atoms with Crippen molar-refractivity contribution >= 4 is 23.0 Å². The van der Waals surface area contributed by atoms with Crippen molar-refractivity contribution in [3.63, 3.8) is 0 Å². The van der Waals surface area contributed by atoms with Crippen LogP contribution in [0.2, 0.25) is 0 Å². The second kappa shape index (κ2) is 6.90. The minimum absolute atomic E-state index is 0. The number of thiol groups is 1. The predicted octanol–water partition coefficient (Wildman–Crippen LogP) is -3.21. The van der Waals surface area contributed by atoms with E-state index in [1.54, 1.807) is 0 Å². The Labute approximate surface area is 88.0 Å². The Morgan fingerprint density at radius 2 is 2.00 bits per heavy atom. The maximum atomic E-state index is 9.70. The average molecular weight is 194 g/mol. The van der Waals surface area contributed by atoms with E-state index in [1.165, 1.54) is 0 Å². The fourth-order valence-corrected chi connectivity index (χ4v) is 0.677. The molecule has 4 nitrogen and oxygen atoms in total. The van der Waals surface area contributed by atoms with Crippen molar-refractivity contribution in [1.82, 2.24) is 0 Å². The zero-order valence-electron chi connectivity index (χ0n) is 5.61. The van der Waals surface area contributed by atoms with Crippen molar-refractivity contribution in [3.8, 4) is 0 Å². The molecular weight excluding hydrogens is 187 g/mol. The number of hydrogen-bond acceptors (Lipinski definition) is 5. The summed E-state index contributed by atoms with van der Waals surface area (Å²) in [6, 6.07) is 0. The molecule has 0 radical (unpaired) electrons. The SMILES string of the molecule is O=S(=O)([O-])OCCCS.[Na+]. The minimum Gasteiger partial charge on any atom is -0.726 e. The summed E-state index contributed by atoms with van der Waals surface area (Å²) in [5.74, 6) is 0.509. The van der Waals surface area contributed by atoms with Gasteiger partial charge in [-0.3, -0.25) is 4.18 Å². The smallest absolute Gasteiger partial charge is 0.726 e. The molecule has 0 aliphatic heterocycles. The second-order valence-electron chi connectivity index (χ2n) is 1.31. The van der Waals surface area contributed by atoms with Gasteiger partial charge in [0.05, 0.1) is 6.61 Å². The van der Waals surface area contributed by atoms with Crippen molar-refractivity contribution in [2.24, 2.45) is 0 Å². The molecule has 0 heterocycles. The molecule has 10 heavy (non-hydrogen) atoms. The fourth-order valence-electron chi connectivity index (χ4n) is 0.226. The molecular formula is C3H7NaO4S2. The Kier molecular flexibility index (Phi) is 9.51. The fraction of sp³-hybridized carbons (Fsp3) is 1.00. The average Bonchev–Trinajstić information content (AvgIpc) is 1.63. The minimum atomic E-state index is -4.48. The molecule has 0 saturated carbocycles. The largest absolute Gasteiger partial charge is 1.00 e. The van der Waals surface area contributed by atoms with E-state index in [2.05, 4.69) is 16.8 Å². The van der Waals surface area contributed by atoms with Crippen LogP contribution in [-0.2, 0) is 14.6 Å². The van der Waals surface area contributed by atoms with E-state index in [1.807, 2.05) is 0 Å². The van der Waals surface area contributed by atoms with Crippen LogP contribution >= 0.6 is 12.6 Å². The molecule has 0 N–H and O–H groups in total. The summed E-state index contributed by atoms with van der Waals surface area (Å²) in [6.07, 6.45) is 0.463. The molecule has 0 aliphatic rings. The third-order valence-corrected chi connectivity index (χ3v) is 1.30. The summed E-state index contributed by atoms with van der Waals surface area (Å²) in [5.41, 5.74) is 0. The first-order chi connectivity index (χ1) is 4.06. The van der Waals surface area contributed by atoms with Crippen LogP contribution in [0.5, 0.6) is 0 Å². The molecule has 0 fully saturated rings. The quantitative estimate of drug-likeness (QED) is 0.168. The van der Waals surface area contributed by atoms with Gasteiger partial charge in [0.25, 0.3) is 0 Å². The van der Waals surface area contributed by atoms with Gasteiger partial charge < -0.3 is 4.55 Å². The van der Waals surface area contributed by atoms with Crippen LogP contribution in [-0.4, -0.2) is 25.3 Å². The van der Waals surface area contributed by atoms with Crippen molar-refractivity contribution in [1.29, 1.82) is 0 Å². The van der Waals surface area contributed by atoms with Gasteiger partial charge >= 0.3 is 29.6 Å². The van der Waals surface area contributed by atoms with E-state index in [4.69, 9.17) is 0 Å². The van der Waals surface area contributed by atoms with Crippen LogP contribution in [0.25, 0.3) is 0 Å². The standard InChI is InChI=1S/C3H8O4S2.Na/c4-9(5,6)7-2-1-3-8;/h8H,1-3H2,(H,4,5,6);/q;+1/p-1. The van der Waals surface area contributed by atoms with Crippen LogP contribution in [0.3, 0.4) is 0 Å². The van der Waals surface area contributed by atoms with Gasteiger partial charge in [-0.25, -0.2) is 8.42 Å². The molecule has 0 aromatic rings. The van der Waals surface area contributed by atoms with E-state index < -0.39 is 10.4 Å². The number of hydrogen-bond donors (Lipinski definition) is 1. The van der Waals surface area contributed by atoms with E-state index >= 15 is 0 Å². The summed E-state index contributed by atoms with van der Waals surface area (Å²) in [5, 5.41) is 0. The third-order valence-electron chi connectivity index (χ3n) is 0.530. The van der Waals surface area contributed by atoms with Gasteiger partial charge in [0.2, 0.25) is 10.4 Å². The van der Waals surface area contributed by atoms with E-state index in [0.29, 0.717) is 12.2 Å². The van der Waals surface area contributed by atoms with Gasteiger partial charge in [-0.2, -0.15) is 12.6 Å². The number of rotatable bonds is 4. The predicted molar refractivity (Wildman–Crippen MR) is 34.1 cm³/mol. The summed E-state index contributed by atoms with van der Waals surface area (Å²) in [4.78, 5) is 0. The third kappa shape index (κ3) is 12.0. The Balaban J connectivity index is 0. The zero-order valence-corrected chi connectivity index (χ0v) is 9.32. The molecule has 56 valence electrons. The molecule has 0 saturated heterocycles. The monoisotopic (exact) mass is 194 g/mol. The summed E-state index contributed by atoms with van der Waals surface area (Å²) in [6.45, 7) is -0.0741. The van der Waals surface area contributed by atoms with E-state index in [0.717, 1.165) is 0 Å². The Bertz CT molecular complexity index is 154. The molecule has 0 amide bonds. The van der Waals surface area contributed by atoms with Gasteiger partial charge in [-0.05, 0) is 12.2 Å². The topological polar surface area (TPSA) is 66.4 Å². The molecule has 0 rings (SSSR count). The first-order valence-electron chi connectivity index (χ1n) is 2.27. The zero-order chi connectivity index (χ0) is 7.33. The molecule has 7 heteroatoms. The van der Waals surface area contributed by atoms with Crippen LogP contribution in [0.4, 0.5) is 0 Å². The van der Waals surface area contributed by atoms with Gasteiger partial charge in [-0.15, -0.1) is 0 Å². The van der Waals surface area contributed by atoms with Crippen LogP contribution in [0, 0.1) is 0 Å². The molecule has 0 bridgehead atoms. The maximum Gasteiger partial charge on any atom is 1.00 e. The Morgan fingerprint density at radius 1 is 1.50 bits per heavy atom. The normalized spacial score (nSPS) is 10.6. The van der Waals surface area contributed by atoms with Crippen LogP contribution < -0.4 is 29.6 Å². The van der Waals surface area contributed by atoms with Crippen LogP contribution in [0.15, 0.2) is 0 Å². The Morgan fingerprint density at radius 3 is 2.30 bits per heavy atom. The first-order valence-corrected chi connectivity index (χ1v) is 4.24. The van der Waals surface area contributed by atoms with Gasteiger partial charge in [0.1, 0.15) is 0 Å². The van der Waals surface area contributed by atoms with E-state index in [-0.39, 0.29) is 36.2 Å². The summed E-state index contributed by atoms with van der Waals surface area (Å²) < 4.78 is 32.9. The molecule has 0 unspecified atom stereocenters. The van der Waals surface area contributed by atoms with E-state index in [9.17, 15) is 13.0 Å². The molecule has 0 aliphatic carbocycles. The second-order valence-corrected chi connectivity index (χ2v) is 2.81. The van der Waals surface area contributed by atoms with Crippen molar-refractivity contribution < 1.29 is 46.7 Å². The molecule has 0 spiro atoms. The molecule has 0 aromatic heterocycles. The van der Waals surface area contributed by atoms with Gasteiger partial charge in [-0.1, -0.05) is 0 Å². The van der Waals surface area contributed by atoms with Crippen molar-refractivity contribution in [2.75, 3.05) is 12.4 Å². The van der Waals surface area contributed by atoms with Gasteiger partial charge in [0, 0.05) is 0 Å². The summed E-state index contributed by atoms with van der Waals surface area (Å²) >= 11 is 3.77. The van der Waals surface area contributed by atoms with Gasteiger partial charge in [0.15, 0.2) is 0 Å². The van der Waals surface area contributed by atoms with Crippen LogP contribution in [0.1, 0.15) is 6.42 Å². The summed E-state index contributed by atoms with van der Waals surface area (Å²) in [7, 11) is -4.48. The first kappa shape index (κ1) is 13.8. The Hall–Kier alpha value is 1.22.